The van der Waals surface area contributed by atoms with Gasteiger partial charge in [0.05, 0.1) is 23.8 Å². The van der Waals surface area contributed by atoms with Gasteiger partial charge in [-0.1, -0.05) is 24.8 Å². The Morgan fingerprint density at radius 1 is 0.947 bits per heavy atom. The molecule has 2 aromatic carbocycles. The number of hydrogen-bond acceptors (Lipinski definition) is 5. The first kappa shape index (κ1) is 24.8. The number of nitrogen functional groups attached to an aromatic ring is 1. The van der Waals surface area contributed by atoms with Crippen LogP contribution in [0.15, 0.2) is 85.8 Å². The van der Waals surface area contributed by atoms with Gasteiger partial charge in [-0.3, -0.25) is 19.6 Å². The molecule has 0 aliphatic heterocycles. The van der Waals surface area contributed by atoms with Gasteiger partial charge in [0.1, 0.15) is 5.82 Å². The minimum absolute atomic E-state index is 0.00322. The Hall–Kier alpha value is -4.85. The van der Waals surface area contributed by atoms with Crippen LogP contribution in [0, 0.1) is 11.7 Å². The SMILES string of the molecule is C=C(C(=O)Nc1ccc(Cc2cccc(F)c2)nc1)c1cc(-c2cncc(NC(=O)C3CC3)c2)ccc1N. The molecule has 7 nitrogen and oxygen atoms in total. The van der Waals surface area contributed by atoms with Gasteiger partial charge < -0.3 is 16.4 Å². The number of rotatable bonds is 8. The molecule has 4 aromatic rings. The Kier molecular flexibility index (Phi) is 6.95. The van der Waals surface area contributed by atoms with E-state index in [1.807, 2.05) is 18.2 Å². The largest absolute Gasteiger partial charge is 0.398 e. The molecule has 2 aromatic heterocycles. The fourth-order valence-corrected chi connectivity index (χ4v) is 4.04. The number of nitrogens with one attached hydrogen (secondary N) is 2. The Morgan fingerprint density at radius 2 is 1.79 bits per heavy atom. The average Bonchev–Trinajstić information content (AvgIpc) is 3.76. The predicted octanol–water partition coefficient (Wildman–Crippen LogP) is 5.46. The standard InChI is InChI=1S/C30H26FN5O2/c1-18(29(37)35-25-9-8-24(34-17-25)12-19-3-2-4-23(31)11-19)27-14-21(7-10-28(27)32)22-13-26(16-33-15-22)36-30(38)20-5-6-20/h2-4,7-11,13-17,20H,1,5-6,12,32H2,(H,35,37)(H,36,38). The van der Waals surface area contributed by atoms with Crippen molar-refractivity contribution in [2.45, 2.75) is 19.3 Å². The lowest BCUT2D eigenvalue weighted by molar-refractivity contribution is -0.117. The Labute approximate surface area is 219 Å². The van der Waals surface area contributed by atoms with Gasteiger partial charge in [-0.2, -0.15) is 0 Å². The van der Waals surface area contributed by atoms with Crippen molar-refractivity contribution in [1.82, 2.24) is 9.97 Å². The molecule has 1 aliphatic rings. The molecule has 0 radical (unpaired) electrons. The van der Waals surface area contributed by atoms with Crippen LogP contribution in [-0.4, -0.2) is 21.8 Å². The fraction of sp³-hybridized carbons (Fsp3) is 0.133. The van der Waals surface area contributed by atoms with Crippen molar-refractivity contribution in [3.05, 3.63) is 108 Å². The van der Waals surface area contributed by atoms with Gasteiger partial charge >= 0.3 is 0 Å². The van der Waals surface area contributed by atoms with Crippen LogP contribution >= 0.6 is 0 Å². The number of amides is 2. The third-order valence-electron chi connectivity index (χ3n) is 6.30. The maximum Gasteiger partial charge on any atom is 0.255 e. The molecule has 1 aliphatic carbocycles. The summed E-state index contributed by atoms with van der Waals surface area (Å²) in [5.74, 6) is -0.624. The van der Waals surface area contributed by atoms with Crippen LogP contribution in [0.1, 0.15) is 29.7 Å². The van der Waals surface area contributed by atoms with Gasteiger partial charge in [0.25, 0.3) is 5.91 Å². The predicted molar refractivity (Wildman–Crippen MR) is 147 cm³/mol. The molecule has 38 heavy (non-hydrogen) atoms. The number of pyridine rings is 2. The zero-order valence-electron chi connectivity index (χ0n) is 20.6. The van der Waals surface area contributed by atoms with E-state index in [0.29, 0.717) is 29.0 Å². The monoisotopic (exact) mass is 507 g/mol. The zero-order chi connectivity index (χ0) is 26.6. The minimum Gasteiger partial charge on any atom is -0.398 e. The van der Waals surface area contributed by atoms with Gasteiger partial charge in [-0.05, 0) is 66.4 Å². The topological polar surface area (TPSA) is 110 Å². The van der Waals surface area contributed by atoms with Crippen LogP contribution in [-0.2, 0) is 16.0 Å². The molecule has 190 valence electrons. The van der Waals surface area contributed by atoms with Gasteiger partial charge in [0.15, 0.2) is 0 Å². The quantitative estimate of drug-likeness (QED) is 0.217. The minimum atomic E-state index is -0.419. The van der Waals surface area contributed by atoms with Crippen LogP contribution in [0.3, 0.4) is 0 Å². The second-order valence-electron chi connectivity index (χ2n) is 9.31. The van der Waals surface area contributed by atoms with E-state index >= 15 is 0 Å². The number of benzene rings is 2. The summed E-state index contributed by atoms with van der Waals surface area (Å²) in [7, 11) is 0. The van der Waals surface area contributed by atoms with Crippen LogP contribution in [0.2, 0.25) is 0 Å². The lowest BCUT2D eigenvalue weighted by Gasteiger charge is -2.13. The maximum atomic E-state index is 13.4. The number of carbonyl (C=O) groups is 2. The molecular formula is C30H26FN5O2. The van der Waals surface area contributed by atoms with E-state index in [-0.39, 0.29) is 23.2 Å². The van der Waals surface area contributed by atoms with Crippen molar-refractivity contribution in [1.29, 1.82) is 0 Å². The molecule has 0 spiro atoms. The Bertz CT molecular complexity index is 1530. The second-order valence-corrected chi connectivity index (χ2v) is 9.31. The van der Waals surface area contributed by atoms with E-state index < -0.39 is 5.91 Å². The van der Waals surface area contributed by atoms with Crippen LogP contribution in [0.25, 0.3) is 16.7 Å². The highest BCUT2D eigenvalue weighted by molar-refractivity contribution is 6.25. The van der Waals surface area contributed by atoms with E-state index in [1.165, 1.54) is 12.1 Å². The number of nitrogens with two attached hydrogens (primary N) is 1. The van der Waals surface area contributed by atoms with E-state index in [0.717, 1.165) is 35.2 Å². The summed E-state index contributed by atoms with van der Waals surface area (Å²) in [6.45, 7) is 3.96. The third kappa shape index (κ3) is 5.92. The van der Waals surface area contributed by atoms with E-state index in [9.17, 15) is 14.0 Å². The van der Waals surface area contributed by atoms with Crippen molar-refractivity contribution in [3.63, 3.8) is 0 Å². The Balaban J connectivity index is 1.27. The molecule has 0 bridgehead atoms. The summed E-state index contributed by atoms with van der Waals surface area (Å²) in [4.78, 5) is 33.7. The smallest absolute Gasteiger partial charge is 0.255 e. The summed E-state index contributed by atoms with van der Waals surface area (Å²) < 4.78 is 13.4. The normalized spacial score (nSPS) is 12.6. The Morgan fingerprint density at radius 3 is 2.53 bits per heavy atom. The maximum absolute atomic E-state index is 13.4. The number of carbonyl (C=O) groups excluding carboxylic acids is 2. The first-order valence-corrected chi connectivity index (χ1v) is 12.2. The molecule has 4 N–H and O–H groups in total. The van der Waals surface area contributed by atoms with E-state index in [1.54, 1.807) is 48.9 Å². The molecular weight excluding hydrogens is 481 g/mol. The first-order chi connectivity index (χ1) is 18.4. The van der Waals surface area contributed by atoms with Gasteiger partial charge in [-0.25, -0.2) is 4.39 Å². The van der Waals surface area contributed by atoms with Crippen molar-refractivity contribution in [3.8, 4) is 11.1 Å². The number of nitrogens with zero attached hydrogens (tertiary/aromatic N) is 2. The van der Waals surface area contributed by atoms with Crippen molar-refractivity contribution in [2.75, 3.05) is 16.4 Å². The van der Waals surface area contributed by atoms with Crippen molar-refractivity contribution in [2.24, 2.45) is 5.92 Å². The van der Waals surface area contributed by atoms with Crippen LogP contribution < -0.4 is 16.4 Å². The van der Waals surface area contributed by atoms with Crippen LogP contribution in [0.5, 0.6) is 0 Å². The molecule has 8 heteroatoms. The highest BCUT2D eigenvalue weighted by atomic mass is 19.1. The average molecular weight is 508 g/mol. The second kappa shape index (κ2) is 10.6. The fourth-order valence-electron chi connectivity index (χ4n) is 4.04. The number of hydrogen-bond donors (Lipinski definition) is 3. The molecule has 5 rings (SSSR count). The highest BCUT2D eigenvalue weighted by Gasteiger charge is 2.29. The molecule has 0 atom stereocenters. The van der Waals surface area contributed by atoms with Crippen molar-refractivity contribution < 1.29 is 14.0 Å². The van der Waals surface area contributed by atoms with Crippen molar-refractivity contribution >= 4 is 34.4 Å². The van der Waals surface area contributed by atoms with E-state index in [2.05, 4.69) is 27.2 Å². The number of anilines is 3. The van der Waals surface area contributed by atoms with E-state index in [4.69, 9.17) is 5.73 Å². The summed E-state index contributed by atoms with van der Waals surface area (Å²) in [6, 6.07) is 17.0. The number of aromatic nitrogens is 2. The molecule has 1 saturated carbocycles. The highest BCUT2D eigenvalue weighted by Crippen LogP contribution is 2.32. The lowest BCUT2D eigenvalue weighted by Crippen LogP contribution is -2.14. The van der Waals surface area contributed by atoms with Gasteiger partial charge in [0, 0.05) is 46.6 Å². The molecule has 2 heterocycles. The third-order valence-corrected chi connectivity index (χ3v) is 6.30. The summed E-state index contributed by atoms with van der Waals surface area (Å²) in [5.41, 5.74) is 11.5. The molecule has 0 unspecified atom stereocenters. The zero-order valence-corrected chi connectivity index (χ0v) is 20.6. The summed E-state index contributed by atoms with van der Waals surface area (Å²) in [5, 5.41) is 5.70. The number of halogens is 1. The molecule has 1 fully saturated rings. The molecule has 2 amide bonds. The summed E-state index contributed by atoms with van der Waals surface area (Å²) in [6.07, 6.45) is 7.14. The van der Waals surface area contributed by atoms with Gasteiger partial charge in [-0.15, -0.1) is 0 Å². The lowest BCUT2D eigenvalue weighted by atomic mass is 9.98. The van der Waals surface area contributed by atoms with Crippen LogP contribution in [0.4, 0.5) is 21.5 Å². The molecule has 0 saturated heterocycles. The van der Waals surface area contributed by atoms with Gasteiger partial charge in [0.2, 0.25) is 5.91 Å². The first-order valence-electron chi connectivity index (χ1n) is 12.2. The summed E-state index contributed by atoms with van der Waals surface area (Å²) >= 11 is 0.